The Kier molecular flexibility index (Phi) is 4.85. The van der Waals surface area contributed by atoms with Crippen molar-refractivity contribution in [2.24, 2.45) is 0 Å². The minimum absolute atomic E-state index is 0.358. The van der Waals surface area contributed by atoms with Crippen molar-refractivity contribution in [1.29, 1.82) is 0 Å². The zero-order valence-corrected chi connectivity index (χ0v) is 10.7. The van der Waals surface area contributed by atoms with E-state index in [4.69, 9.17) is 17.0 Å². The molecular weight excluding hydrogens is 220 g/mol. The average molecular weight is 242 g/mol. The van der Waals surface area contributed by atoms with Crippen molar-refractivity contribution in [2.75, 3.05) is 13.2 Å². The van der Waals surface area contributed by atoms with Crippen molar-refractivity contribution >= 4 is 17.3 Å². The molecule has 2 fully saturated rings. The molecule has 0 radical (unpaired) electrons. The molecule has 0 aromatic rings. The number of thiocarbonyl (C=S) groups is 1. The summed E-state index contributed by atoms with van der Waals surface area (Å²) in [5.41, 5.74) is 0. The lowest BCUT2D eigenvalue weighted by Gasteiger charge is -2.24. The Balaban J connectivity index is 1.59. The monoisotopic (exact) mass is 242 g/mol. The van der Waals surface area contributed by atoms with Gasteiger partial charge in [0.1, 0.15) is 0 Å². The molecule has 2 aliphatic rings. The summed E-state index contributed by atoms with van der Waals surface area (Å²) >= 11 is 5.28. The summed E-state index contributed by atoms with van der Waals surface area (Å²) in [6.45, 7) is 1.77. The highest BCUT2D eigenvalue weighted by molar-refractivity contribution is 7.80. The van der Waals surface area contributed by atoms with Gasteiger partial charge in [0.15, 0.2) is 5.11 Å². The highest BCUT2D eigenvalue weighted by Gasteiger charge is 2.17. The molecule has 0 spiro atoms. The van der Waals surface area contributed by atoms with Gasteiger partial charge in [0.2, 0.25) is 0 Å². The van der Waals surface area contributed by atoms with Crippen molar-refractivity contribution in [3.63, 3.8) is 0 Å². The third-order valence-electron chi connectivity index (χ3n) is 3.45. The number of nitrogens with one attached hydrogen (secondary N) is 2. The number of hydrogen-bond acceptors (Lipinski definition) is 2. The summed E-state index contributed by atoms with van der Waals surface area (Å²) < 4.78 is 5.65. The first-order chi connectivity index (χ1) is 7.84. The minimum Gasteiger partial charge on any atom is -0.376 e. The van der Waals surface area contributed by atoms with E-state index in [1.54, 1.807) is 0 Å². The van der Waals surface area contributed by atoms with Crippen molar-refractivity contribution in [1.82, 2.24) is 10.6 Å². The van der Waals surface area contributed by atoms with E-state index in [1.807, 2.05) is 0 Å². The zero-order chi connectivity index (χ0) is 11.2. The highest BCUT2D eigenvalue weighted by Crippen LogP contribution is 2.17. The SMILES string of the molecule is S=C(NCC1CCCCO1)NC1CCCC1. The van der Waals surface area contributed by atoms with Gasteiger partial charge in [-0.2, -0.15) is 0 Å². The fraction of sp³-hybridized carbons (Fsp3) is 0.917. The largest absolute Gasteiger partial charge is 0.376 e. The highest BCUT2D eigenvalue weighted by atomic mass is 32.1. The van der Waals surface area contributed by atoms with Gasteiger partial charge < -0.3 is 15.4 Å². The molecule has 0 aromatic heterocycles. The van der Waals surface area contributed by atoms with Gasteiger partial charge >= 0.3 is 0 Å². The Labute approximate surface area is 103 Å². The Morgan fingerprint density at radius 3 is 2.56 bits per heavy atom. The molecule has 0 bridgehead atoms. The second-order valence-corrected chi connectivity index (χ2v) is 5.23. The molecule has 2 N–H and O–H groups in total. The first kappa shape index (κ1) is 12.1. The maximum absolute atomic E-state index is 5.65. The maximum Gasteiger partial charge on any atom is 0.166 e. The molecule has 1 heterocycles. The summed E-state index contributed by atoms with van der Waals surface area (Å²) in [7, 11) is 0. The van der Waals surface area contributed by atoms with E-state index in [2.05, 4.69) is 10.6 Å². The van der Waals surface area contributed by atoms with Gasteiger partial charge in [0, 0.05) is 19.2 Å². The standard InChI is InChI=1S/C12H22N2OS/c16-12(14-10-5-1-2-6-10)13-9-11-7-3-4-8-15-11/h10-11H,1-9H2,(H2,13,14,16). The van der Waals surface area contributed by atoms with Crippen LogP contribution >= 0.6 is 12.2 Å². The van der Waals surface area contributed by atoms with E-state index in [1.165, 1.54) is 44.9 Å². The van der Waals surface area contributed by atoms with Gasteiger partial charge in [-0.05, 0) is 44.3 Å². The van der Waals surface area contributed by atoms with E-state index < -0.39 is 0 Å². The van der Waals surface area contributed by atoms with Gasteiger partial charge in [-0.25, -0.2) is 0 Å². The van der Waals surface area contributed by atoms with Gasteiger partial charge in [0.25, 0.3) is 0 Å². The molecule has 16 heavy (non-hydrogen) atoms. The van der Waals surface area contributed by atoms with E-state index in [0.29, 0.717) is 12.1 Å². The van der Waals surface area contributed by atoms with Crippen LogP contribution in [0.1, 0.15) is 44.9 Å². The predicted molar refractivity (Wildman–Crippen MR) is 69.6 cm³/mol. The van der Waals surface area contributed by atoms with Crippen LogP contribution in [0.2, 0.25) is 0 Å². The van der Waals surface area contributed by atoms with E-state index in [9.17, 15) is 0 Å². The zero-order valence-electron chi connectivity index (χ0n) is 9.84. The molecule has 0 aromatic carbocycles. The van der Waals surface area contributed by atoms with Gasteiger partial charge in [-0.1, -0.05) is 12.8 Å². The molecule has 0 amide bonds. The second-order valence-electron chi connectivity index (χ2n) is 4.82. The van der Waals surface area contributed by atoms with Gasteiger partial charge in [-0.15, -0.1) is 0 Å². The second kappa shape index (κ2) is 6.40. The van der Waals surface area contributed by atoms with E-state index in [0.717, 1.165) is 18.3 Å². The molecular formula is C12H22N2OS. The number of rotatable bonds is 3. The van der Waals surface area contributed by atoms with Crippen LogP contribution in [-0.4, -0.2) is 30.4 Å². The van der Waals surface area contributed by atoms with E-state index >= 15 is 0 Å². The third kappa shape index (κ3) is 3.91. The smallest absolute Gasteiger partial charge is 0.166 e. The quantitative estimate of drug-likeness (QED) is 0.741. The minimum atomic E-state index is 0.358. The van der Waals surface area contributed by atoms with Crippen LogP contribution in [-0.2, 0) is 4.74 Å². The molecule has 2 rings (SSSR count). The Bertz CT molecular complexity index is 223. The van der Waals surface area contributed by atoms with Crippen LogP contribution in [0.3, 0.4) is 0 Å². The van der Waals surface area contributed by atoms with E-state index in [-0.39, 0.29) is 0 Å². The fourth-order valence-electron chi connectivity index (χ4n) is 2.48. The summed E-state index contributed by atoms with van der Waals surface area (Å²) in [4.78, 5) is 0. The van der Waals surface area contributed by atoms with Crippen molar-refractivity contribution in [3.05, 3.63) is 0 Å². The summed E-state index contributed by atoms with van der Waals surface area (Å²) in [6.07, 6.45) is 9.23. The molecule has 3 nitrogen and oxygen atoms in total. The Hall–Kier alpha value is -0.350. The van der Waals surface area contributed by atoms with Crippen LogP contribution in [0.25, 0.3) is 0 Å². The fourth-order valence-corrected chi connectivity index (χ4v) is 2.73. The molecule has 1 unspecified atom stereocenters. The molecule has 1 aliphatic carbocycles. The number of ether oxygens (including phenoxy) is 1. The van der Waals surface area contributed by atoms with Crippen LogP contribution in [0, 0.1) is 0 Å². The van der Waals surface area contributed by atoms with Crippen LogP contribution in [0.4, 0.5) is 0 Å². The van der Waals surface area contributed by atoms with Crippen LogP contribution < -0.4 is 10.6 Å². The summed E-state index contributed by atoms with van der Waals surface area (Å²) in [5, 5.41) is 7.46. The lowest BCUT2D eigenvalue weighted by atomic mass is 10.1. The topological polar surface area (TPSA) is 33.3 Å². The predicted octanol–water partition coefficient (Wildman–Crippen LogP) is 1.96. The molecule has 92 valence electrons. The first-order valence-electron chi connectivity index (χ1n) is 6.50. The van der Waals surface area contributed by atoms with Gasteiger partial charge in [0.05, 0.1) is 6.10 Å². The lowest BCUT2D eigenvalue weighted by Crippen LogP contribution is -2.44. The summed E-state index contributed by atoms with van der Waals surface area (Å²) in [5.74, 6) is 0. The maximum atomic E-state index is 5.65. The molecule has 1 saturated heterocycles. The lowest BCUT2D eigenvalue weighted by molar-refractivity contribution is 0.0195. The van der Waals surface area contributed by atoms with Crippen molar-refractivity contribution in [2.45, 2.75) is 57.1 Å². The van der Waals surface area contributed by atoms with Gasteiger partial charge in [-0.3, -0.25) is 0 Å². The first-order valence-corrected chi connectivity index (χ1v) is 6.91. The summed E-state index contributed by atoms with van der Waals surface area (Å²) in [6, 6.07) is 0.604. The molecule has 1 aliphatic heterocycles. The number of hydrogen-bond donors (Lipinski definition) is 2. The molecule has 1 saturated carbocycles. The Morgan fingerprint density at radius 2 is 1.88 bits per heavy atom. The Morgan fingerprint density at radius 1 is 1.12 bits per heavy atom. The third-order valence-corrected chi connectivity index (χ3v) is 3.72. The van der Waals surface area contributed by atoms with Crippen molar-refractivity contribution < 1.29 is 4.74 Å². The van der Waals surface area contributed by atoms with Crippen LogP contribution in [0.15, 0.2) is 0 Å². The molecule has 4 heteroatoms. The molecule has 1 atom stereocenters. The normalized spacial score (nSPS) is 26.6. The van der Waals surface area contributed by atoms with Crippen LogP contribution in [0.5, 0.6) is 0 Å². The van der Waals surface area contributed by atoms with Crippen molar-refractivity contribution in [3.8, 4) is 0 Å². The average Bonchev–Trinajstić information content (AvgIpc) is 2.81.